The number of aromatic hydroxyl groups is 2. The largest absolute Gasteiger partial charge is 0.508 e. The molecule has 20 heavy (non-hydrogen) atoms. The van der Waals surface area contributed by atoms with Crippen LogP contribution in [0.2, 0.25) is 0 Å². The van der Waals surface area contributed by atoms with Crippen molar-refractivity contribution in [3.05, 3.63) is 65.9 Å². The van der Waals surface area contributed by atoms with E-state index in [1.165, 1.54) is 17.7 Å². The molecule has 3 heteroatoms. The van der Waals surface area contributed by atoms with Crippen molar-refractivity contribution >= 4 is 11.1 Å². The molecule has 0 spiro atoms. The van der Waals surface area contributed by atoms with Gasteiger partial charge in [-0.25, -0.2) is 0 Å². The van der Waals surface area contributed by atoms with E-state index in [0.29, 0.717) is 16.9 Å². The molecule has 1 heterocycles. The Morgan fingerprint density at radius 3 is 2.45 bits per heavy atom. The zero-order valence-electron chi connectivity index (χ0n) is 11.1. The predicted molar refractivity (Wildman–Crippen MR) is 78.6 cm³/mol. The Morgan fingerprint density at radius 1 is 1.05 bits per heavy atom. The molecule has 0 radical (unpaired) electrons. The van der Waals surface area contributed by atoms with Crippen LogP contribution in [0.3, 0.4) is 0 Å². The number of fused-ring (bicyclic) bond motifs is 1. The Bertz CT molecular complexity index is 725. The molecule has 2 N–H and O–H groups in total. The summed E-state index contributed by atoms with van der Waals surface area (Å²) in [4.78, 5) is 0. The van der Waals surface area contributed by atoms with Crippen molar-refractivity contribution in [2.75, 3.05) is 0 Å². The van der Waals surface area contributed by atoms with Crippen LogP contribution >= 0.6 is 0 Å². The van der Waals surface area contributed by atoms with Crippen LogP contribution in [0, 0.1) is 6.92 Å². The molecule has 2 aromatic carbocycles. The molecule has 0 saturated carbocycles. The fourth-order valence-electron chi connectivity index (χ4n) is 2.29. The maximum absolute atomic E-state index is 9.99. The van der Waals surface area contributed by atoms with Crippen LogP contribution < -0.4 is 4.74 Å². The van der Waals surface area contributed by atoms with Gasteiger partial charge in [0.05, 0.1) is 11.8 Å². The first-order chi connectivity index (χ1) is 9.56. The molecule has 2 aromatic rings. The summed E-state index contributed by atoms with van der Waals surface area (Å²) in [5.74, 6) is 0.326. The number of hydrogen-bond donors (Lipinski definition) is 2. The first-order valence-corrected chi connectivity index (χ1v) is 6.26. The quantitative estimate of drug-likeness (QED) is 0.824. The molecule has 0 atom stereocenters. The lowest BCUT2D eigenvalue weighted by atomic mass is 9.91. The van der Waals surface area contributed by atoms with Crippen LogP contribution in [0.4, 0.5) is 0 Å². The normalized spacial score (nSPS) is 13.4. The van der Waals surface area contributed by atoms with Crippen LogP contribution in [-0.2, 0) is 0 Å². The van der Waals surface area contributed by atoms with Crippen LogP contribution in [0.5, 0.6) is 17.2 Å². The van der Waals surface area contributed by atoms with E-state index in [-0.39, 0.29) is 11.5 Å². The maximum Gasteiger partial charge on any atom is 0.141 e. The van der Waals surface area contributed by atoms with Gasteiger partial charge in [0.15, 0.2) is 0 Å². The van der Waals surface area contributed by atoms with Gasteiger partial charge in [-0.05, 0) is 18.1 Å². The van der Waals surface area contributed by atoms with E-state index in [1.54, 1.807) is 6.26 Å². The second kappa shape index (κ2) is 4.46. The molecule has 0 aliphatic carbocycles. The third-order valence-electron chi connectivity index (χ3n) is 3.36. The second-order valence-electron chi connectivity index (χ2n) is 4.83. The molecule has 3 rings (SSSR count). The highest BCUT2D eigenvalue weighted by molar-refractivity contribution is 6.07. The number of benzene rings is 2. The first-order valence-electron chi connectivity index (χ1n) is 6.26. The van der Waals surface area contributed by atoms with Crippen molar-refractivity contribution in [1.82, 2.24) is 0 Å². The van der Waals surface area contributed by atoms with Crippen molar-refractivity contribution in [1.29, 1.82) is 0 Å². The van der Waals surface area contributed by atoms with E-state index in [4.69, 9.17) is 4.74 Å². The summed E-state index contributed by atoms with van der Waals surface area (Å²) in [5, 5.41) is 19.5. The molecule has 0 fully saturated rings. The lowest BCUT2D eigenvalue weighted by Crippen LogP contribution is -2.01. The summed E-state index contributed by atoms with van der Waals surface area (Å²) in [6.45, 7) is 6.06. The van der Waals surface area contributed by atoms with E-state index in [9.17, 15) is 10.2 Å². The van der Waals surface area contributed by atoms with Gasteiger partial charge in [-0.1, -0.05) is 36.4 Å². The van der Waals surface area contributed by atoms with Gasteiger partial charge >= 0.3 is 0 Å². The zero-order chi connectivity index (χ0) is 14.3. The van der Waals surface area contributed by atoms with Gasteiger partial charge in [0.25, 0.3) is 0 Å². The average molecular weight is 266 g/mol. The first kappa shape index (κ1) is 12.4. The molecule has 0 aromatic heterocycles. The minimum atomic E-state index is -0.0405. The topological polar surface area (TPSA) is 49.7 Å². The number of allylic oxidation sites excluding steroid dienone is 2. The number of rotatable bonds is 1. The summed E-state index contributed by atoms with van der Waals surface area (Å²) in [6.07, 6.45) is 1.59. The summed E-state index contributed by atoms with van der Waals surface area (Å²) >= 11 is 0. The third-order valence-corrected chi connectivity index (χ3v) is 3.36. The van der Waals surface area contributed by atoms with E-state index in [2.05, 4.69) is 6.58 Å². The van der Waals surface area contributed by atoms with Crippen LogP contribution in [0.1, 0.15) is 16.7 Å². The highest BCUT2D eigenvalue weighted by Gasteiger charge is 2.22. The van der Waals surface area contributed by atoms with Crippen LogP contribution in [-0.4, -0.2) is 10.2 Å². The third kappa shape index (κ3) is 1.93. The van der Waals surface area contributed by atoms with E-state index in [0.717, 1.165) is 11.1 Å². The van der Waals surface area contributed by atoms with Gasteiger partial charge in [0.2, 0.25) is 0 Å². The van der Waals surface area contributed by atoms with E-state index >= 15 is 0 Å². The standard InChI is InChI=1S/C17H14O3/c1-10-3-5-12(6-4-10)14-9-20-16-8-13(18)7-15(19)17(16)11(14)2/h3-9,18-19H,2H2,1H3. The zero-order valence-corrected chi connectivity index (χ0v) is 11.1. The SMILES string of the molecule is C=C1C(c2ccc(C)cc2)=COc2cc(O)cc(O)c21. The van der Waals surface area contributed by atoms with Crippen molar-refractivity contribution in [2.45, 2.75) is 6.92 Å². The van der Waals surface area contributed by atoms with E-state index < -0.39 is 0 Å². The Labute approximate surface area is 117 Å². The van der Waals surface area contributed by atoms with Gasteiger partial charge in [-0.2, -0.15) is 0 Å². The predicted octanol–water partition coefficient (Wildman–Crippen LogP) is 3.85. The molecule has 0 unspecified atom stereocenters. The van der Waals surface area contributed by atoms with Gasteiger partial charge in [0.1, 0.15) is 17.2 Å². The molecule has 0 bridgehead atoms. The van der Waals surface area contributed by atoms with Crippen LogP contribution in [0.15, 0.2) is 49.2 Å². The van der Waals surface area contributed by atoms with Crippen molar-refractivity contribution in [3.8, 4) is 17.2 Å². The Hall–Kier alpha value is -2.68. The number of hydrogen-bond acceptors (Lipinski definition) is 3. The van der Waals surface area contributed by atoms with Gasteiger partial charge in [-0.15, -0.1) is 0 Å². The number of ether oxygens (including phenoxy) is 1. The van der Waals surface area contributed by atoms with E-state index in [1.807, 2.05) is 31.2 Å². The number of phenols is 2. The number of aryl methyl sites for hydroxylation is 1. The Morgan fingerprint density at radius 2 is 1.75 bits per heavy atom. The summed E-state index contributed by atoms with van der Waals surface area (Å²) < 4.78 is 5.51. The fourth-order valence-corrected chi connectivity index (χ4v) is 2.29. The lowest BCUT2D eigenvalue weighted by molar-refractivity contribution is 0.427. The highest BCUT2D eigenvalue weighted by atomic mass is 16.5. The molecule has 1 aliphatic heterocycles. The Balaban J connectivity index is 2.08. The summed E-state index contributed by atoms with van der Waals surface area (Å²) in [7, 11) is 0. The van der Waals surface area contributed by atoms with Crippen LogP contribution in [0.25, 0.3) is 11.1 Å². The Kier molecular flexibility index (Phi) is 2.75. The maximum atomic E-state index is 9.99. The fraction of sp³-hybridized carbons (Fsp3) is 0.0588. The average Bonchev–Trinajstić information content (AvgIpc) is 2.39. The molecule has 1 aliphatic rings. The molecule has 100 valence electrons. The summed E-state index contributed by atoms with van der Waals surface area (Å²) in [5.41, 5.74) is 4.15. The second-order valence-corrected chi connectivity index (χ2v) is 4.83. The molecule has 3 nitrogen and oxygen atoms in total. The van der Waals surface area contributed by atoms with Crippen molar-refractivity contribution in [2.24, 2.45) is 0 Å². The van der Waals surface area contributed by atoms with Gasteiger partial charge in [0, 0.05) is 17.7 Å². The minimum absolute atomic E-state index is 0.0392. The molecular formula is C17H14O3. The smallest absolute Gasteiger partial charge is 0.141 e. The minimum Gasteiger partial charge on any atom is -0.508 e. The lowest BCUT2D eigenvalue weighted by Gasteiger charge is -2.21. The van der Waals surface area contributed by atoms with Gasteiger partial charge in [-0.3, -0.25) is 0 Å². The summed E-state index contributed by atoms with van der Waals surface area (Å²) in [6, 6.07) is 10.7. The molecule has 0 saturated heterocycles. The van der Waals surface area contributed by atoms with Crippen molar-refractivity contribution < 1.29 is 14.9 Å². The van der Waals surface area contributed by atoms with Crippen molar-refractivity contribution in [3.63, 3.8) is 0 Å². The highest BCUT2D eigenvalue weighted by Crippen LogP contribution is 2.45. The monoisotopic (exact) mass is 266 g/mol. The molecular weight excluding hydrogens is 252 g/mol. The molecule has 0 amide bonds. The van der Waals surface area contributed by atoms with Gasteiger partial charge < -0.3 is 14.9 Å². The number of phenolic OH excluding ortho intramolecular Hbond substituents is 2.